The van der Waals surface area contributed by atoms with Crippen LogP contribution in [0.25, 0.3) is 0 Å². The quantitative estimate of drug-likeness (QED) is 0.144. The van der Waals surface area contributed by atoms with Gasteiger partial charge >= 0.3 is 59.3 Å². The minimum Gasteiger partial charge on any atom is -0.418 e. The van der Waals surface area contributed by atoms with E-state index in [2.05, 4.69) is 19.9 Å². The number of carbonyl (C=O) groups excluding carboxylic acids is 2. The Hall–Kier alpha value is -3.01. The average Bonchev–Trinajstić information content (AvgIpc) is 2.88. The number of ketones is 2. The molecule has 18 heteroatoms. The molecule has 40 heavy (non-hydrogen) atoms. The molecule has 4 heterocycles. The molecule has 0 N–H and O–H groups in total. The van der Waals surface area contributed by atoms with Crippen molar-refractivity contribution in [1.82, 2.24) is 19.9 Å². The molecule has 0 amide bonds. The van der Waals surface area contributed by atoms with Gasteiger partial charge in [0, 0.05) is 48.3 Å². The van der Waals surface area contributed by atoms with Gasteiger partial charge in [0.2, 0.25) is 11.6 Å². The van der Waals surface area contributed by atoms with E-state index in [1.165, 1.54) is 0 Å². The van der Waals surface area contributed by atoms with Gasteiger partial charge in [-0.2, -0.15) is 0 Å². The maximum atomic E-state index is 11.8. The van der Waals surface area contributed by atoms with Gasteiger partial charge in [-0.15, -0.1) is 0 Å². The Balaban J connectivity index is 0. The predicted octanol–water partition coefficient (Wildman–Crippen LogP) is 6.01. The Morgan fingerprint density at radius 3 is 0.975 bits per heavy atom. The monoisotopic (exact) mass is 756 g/mol. The largest absolute Gasteiger partial charge is 1.00 e. The number of halogens is 8. The zero-order valence-corrected chi connectivity index (χ0v) is 22.6. The molecule has 0 bridgehead atoms. The first-order chi connectivity index (χ1) is 17.8. The summed E-state index contributed by atoms with van der Waals surface area (Å²) in [4.78, 5) is 39.2. The van der Waals surface area contributed by atoms with Crippen molar-refractivity contribution in [3.05, 3.63) is 120 Å². The zero-order valence-electron chi connectivity index (χ0n) is 19.6. The Bertz CT molecular complexity index is 1050. The van der Waals surface area contributed by atoms with Gasteiger partial charge in [-0.1, -0.05) is 12.1 Å². The minimum atomic E-state index is -6.00. The Morgan fingerprint density at radius 2 is 0.750 bits per heavy atom. The van der Waals surface area contributed by atoms with Crippen LogP contribution in [0.4, 0.5) is 34.5 Å². The van der Waals surface area contributed by atoms with E-state index >= 15 is 0 Å². The van der Waals surface area contributed by atoms with E-state index in [1.54, 1.807) is 97.8 Å². The first-order valence-electron chi connectivity index (χ1n) is 10.2. The number of nitrogens with zero attached hydrogens (tertiary/aromatic N) is 4. The summed E-state index contributed by atoms with van der Waals surface area (Å²) in [7, 11) is -12.0. The molecule has 0 radical (unpaired) electrons. The Kier molecular flexibility index (Phi) is 19.5. The van der Waals surface area contributed by atoms with Crippen molar-refractivity contribution in [2.24, 2.45) is 0 Å². The van der Waals surface area contributed by atoms with Gasteiger partial charge < -0.3 is 34.5 Å². The molecule has 0 aromatic carbocycles. The molecule has 0 aliphatic rings. The van der Waals surface area contributed by atoms with Gasteiger partial charge in [0.15, 0.2) is 0 Å². The van der Waals surface area contributed by atoms with Crippen molar-refractivity contribution >= 4 is 26.1 Å². The number of rotatable bonds is 4. The van der Waals surface area contributed by atoms with Crippen LogP contribution in [0.2, 0.25) is 0 Å². The van der Waals surface area contributed by atoms with Crippen LogP contribution in [0, 0.1) is 0 Å². The average molecular weight is 758 g/mol. The topological polar surface area (TPSA) is 85.7 Å². The standard InChI is InChI=1S/2C11H8N2O.2Ag.2BF4/c2*14-11(9-4-7-12-8-5-9)10-3-1-2-6-13-10;;;2*2-1(3,4)5/h2*1-8H;;;;/q;;2*+1;2*-1. The number of hydrogen-bond acceptors (Lipinski definition) is 6. The van der Waals surface area contributed by atoms with Crippen LogP contribution >= 0.6 is 0 Å². The van der Waals surface area contributed by atoms with Gasteiger partial charge in [0.05, 0.1) is 0 Å². The van der Waals surface area contributed by atoms with Crippen molar-refractivity contribution in [3.63, 3.8) is 0 Å². The molecular formula is C22H16Ag2B2F8N4O2. The fraction of sp³-hybridized carbons (Fsp3) is 0. The smallest absolute Gasteiger partial charge is 0.418 e. The summed E-state index contributed by atoms with van der Waals surface area (Å²) in [6.07, 6.45) is 9.58. The number of carbonyl (C=O) groups is 2. The van der Waals surface area contributed by atoms with Crippen LogP contribution < -0.4 is 0 Å². The molecule has 0 saturated heterocycles. The molecule has 4 rings (SSSR count). The number of hydrogen-bond donors (Lipinski definition) is 0. The summed E-state index contributed by atoms with van der Waals surface area (Å²) >= 11 is 0. The summed E-state index contributed by atoms with van der Waals surface area (Å²) in [6.45, 7) is 0. The summed E-state index contributed by atoms with van der Waals surface area (Å²) in [6, 6.07) is 17.3. The van der Waals surface area contributed by atoms with Crippen molar-refractivity contribution in [2.75, 3.05) is 0 Å². The van der Waals surface area contributed by atoms with Crippen LogP contribution in [0.5, 0.6) is 0 Å². The molecule has 0 unspecified atom stereocenters. The van der Waals surface area contributed by atoms with Gasteiger partial charge in [-0.3, -0.25) is 29.5 Å². The van der Waals surface area contributed by atoms with E-state index < -0.39 is 14.5 Å². The maximum Gasteiger partial charge on any atom is 1.00 e. The van der Waals surface area contributed by atoms with E-state index in [1.807, 2.05) is 0 Å². The van der Waals surface area contributed by atoms with Crippen LogP contribution in [-0.4, -0.2) is 46.0 Å². The second kappa shape index (κ2) is 20.0. The van der Waals surface area contributed by atoms with Crippen molar-refractivity contribution < 1.29 is 88.9 Å². The van der Waals surface area contributed by atoms with Gasteiger partial charge in [-0.25, -0.2) is 0 Å². The third-order valence-electron chi connectivity index (χ3n) is 3.68. The van der Waals surface area contributed by atoms with E-state index in [9.17, 15) is 44.1 Å². The fourth-order valence-corrected chi connectivity index (χ4v) is 2.30. The molecule has 6 nitrogen and oxygen atoms in total. The molecule has 0 fully saturated rings. The second-order valence-corrected chi connectivity index (χ2v) is 6.55. The number of pyridine rings is 4. The molecular weight excluding hydrogens is 742 g/mol. The van der Waals surface area contributed by atoms with Crippen LogP contribution in [0.15, 0.2) is 97.8 Å². The molecule has 0 atom stereocenters. The summed E-state index contributed by atoms with van der Waals surface area (Å²) in [5, 5.41) is 0. The molecule has 4 aromatic rings. The van der Waals surface area contributed by atoms with E-state index in [-0.39, 0.29) is 56.3 Å². The van der Waals surface area contributed by atoms with Crippen LogP contribution in [0.3, 0.4) is 0 Å². The van der Waals surface area contributed by atoms with Crippen molar-refractivity contribution in [3.8, 4) is 0 Å². The minimum absolute atomic E-state index is 0. The van der Waals surface area contributed by atoms with Crippen LogP contribution in [0.1, 0.15) is 32.1 Å². The Morgan fingerprint density at radius 1 is 0.475 bits per heavy atom. The summed E-state index contributed by atoms with van der Waals surface area (Å²) in [5.41, 5.74) is 2.13. The molecule has 0 aliphatic carbocycles. The van der Waals surface area contributed by atoms with Gasteiger partial charge in [0.1, 0.15) is 11.4 Å². The van der Waals surface area contributed by atoms with E-state index in [0.29, 0.717) is 22.5 Å². The SMILES string of the molecule is F[B-](F)(F)F.F[B-](F)(F)F.O=C(c1ccncc1)c1ccccn1.O=C(c1ccncc1)c1ccccn1.[Ag+].[Ag+]. The van der Waals surface area contributed by atoms with Gasteiger partial charge in [0.25, 0.3) is 0 Å². The molecule has 220 valence electrons. The first-order valence-corrected chi connectivity index (χ1v) is 10.2. The molecule has 0 saturated carbocycles. The van der Waals surface area contributed by atoms with E-state index in [0.717, 1.165) is 0 Å². The first kappa shape index (κ1) is 39.1. The fourth-order valence-electron chi connectivity index (χ4n) is 2.30. The Labute approximate surface area is 254 Å². The summed E-state index contributed by atoms with van der Waals surface area (Å²) < 4.78 is 78.0. The van der Waals surface area contributed by atoms with E-state index in [4.69, 9.17) is 0 Å². The van der Waals surface area contributed by atoms with Crippen molar-refractivity contribution in [2.45, 2.75) is 0 Å². The summed E-state index contributed by atoms with van der Waals surface area (Å²) in [5.74, 6) is -0.152. The van der Waals surface area contributed by atoms with Crippen LogP contribution in [-0.2, 0) is 44.8 Å². The normalized spacial score (nSPS) is 9.80. The second-order valence-electron chi connectivity index (χ2n) is 6.55. The maximum absolute atomic E-state index is 11.8. The third kappa shape index (κ3) is 20.0. The van der Waals surface area contributed by atoms with Crippen molar-refractivity contribution in [1.29, 1.82) is 0 Å². The molecule has 0 spiro atoms. The zero-order chi connectivity index (χ0) is 28.6. The molecule has 0 aliphatic heterocycles. The predicted molar refractivity (Wildman–Crippen MR) is 124 cm³/mol. The number of aromatic nitrogens is 4. The van der Waals surface area contributed by atoms with Gasteiger partial charge in [-0.05, 0) is 48.5 Å². The molecule has 4 aromatic heterocycles. The third-order valence-corrected chi connectivity index (χ3v) is 3.68.